The first kappa shape index (κ1) is 14.9. The fourth-order valence-corrected chi connectivity index (χ4v) is 2.38. The van der Waals surface area contributed by atoms with Crippen LogP contribution < -0.4 is 10.1 Å². The molecule has 0 spiro atoms. The van der Waals surface area contributed by atoms with Gasteiger partial charge in [-0.1, -0.05) is 24.6 Å². The van der Waals surface area contributed by atoms with Crippen molar-refractivity contribution >= 4 is 11.6 Å². The summed E-state index contributed by atoms with van der Waals surface area (Å²) in [5.74, 6) is 0.852. The fourth-order valence-electron chi connectivity index (χ4n) is 2.24. The third-order valence-electron chi connectivity index (χ3n) is 3.19. The number of aromatic nitrogens is 2. The van der Waals surface area contributed by atoms with Crippen molar-refractivity contribution in [3.05, 3.63) is 41.2 Å². The molecule has 1 atom stereocenters. The fraction of sp³-hybridized carbons (Fsp3) is 0.400. The zero-order valence-corrected chi connectivity index (χ0v) is 12.8. The Balaban J connectivity index is 2.45. The van der Waals surface area contributed by atoms with Crippen LogP contribution in [0.3, 0.4) is 0 Å². The predicted octanol–water partition coefficient (Wildman–Crippen LogP) is 3.59. The molecule has 0 aliphatic heterocycles. The number of hydrogen-bond donors (Lipinski definition) is 1. The van der Waals surface area contributed by atoms with Crippen LogP contribution in [0.4, 0.5) is 0 Å². The van der Waals surface area contributed by atoms with Crippen LogP contribution in [-0.2, 0) is 0 Å². The van der Waals surface area contributed by atoms with Crippen LogP contribution >= 0.6 is 11.6 Å². The number of nitrogens with one attached hydrogen (secondary N) is 1. The zero-order chi connectivity index (χ0) is 14.5. The molecule has 1 N–H and O–H groups in total. The number of rotatable bonds is 6. The first-order valence-electron chi connectivity index (χ1n) is 6.78. The molecule has 0 fully saturated rings. The Morgan fingerprint density at radius 3 is 2.85 bits per heavy atom. The van der Waals surface area contributed by atoms with E-state index in [4.69, 9.17) is 16.3 Å². The summed E-state index contributed by atoms with van der Waals surface area (Å²) in [5, 5.41) is 8.39. The average molecular weight is 294 g/mol. The summed E-state index contributed by atoms with van der Waals surface area (Å²) in [6.45, 7) is 5.23. The Morgan fingerprint density at radius 2 is 2.25 bits per heavy atom. The third-order valence-corrected chi connectivity index (χ3v) is 3.39. The normalized spacial score (nSPS) is 12.4. The molecule has 0 saturated carbocycles. The highest BCUT2D eigenvalue weighted by Crippen LogP contribution is 2.31. The highest BCUT2D eigenvalue weighted by molar-refractivity contribution is 6.30. The van der Waals surface area contributed by atoms with Gasteiger partial charge in [0.1, 0.15) is 5.75 Å². The van der Waals surface area contributed by atoms with Gasteiger partial charge in [-0.15, -0.1) is 0 Å². The second-order valence-electron chi connectivity index (χ2n) is 4.67. The Hall–Kier alpha value is -1.52. The van der Waals surface area contributed by atoms with Gasteiger partial charge in [0, 0.05) is 17.8 Å². The zero-order valence-electron chi connectivity index (χ0n) is 12.1. The number of ether oxygens (including phenoxy) is 1. The molecule has 5 heteroatoms. The van der Waals surface area contributed by atoms with Gasteiger partial charge >= 0.3 is 0 Å². The summed E-state index contributed by atoms with van der Waals surface area (Å²) in [5.41, 5.74) is 2.07. The molecule has 0 bridgehead atoms. The summed E-state index contributed by atoms with van der Waals surface area (Å²) in [6, 6.07) is 6.11. The number of nitrogens with zero attached hydrogens (tertiary/aromatic N) is 2. The smallest absolute Gasteiger partial charge is 0.125 e. The molecule has 1 aromatic carbocycles. The minimum Gasteiger partial charge on any atom is -0.496 e. The molecule has 1 aromatic heterocycles. The van der Waals surface area contributed by atoms with Gasteiger partial charge in [-0.25, -0.2) is 4.68 Å². The summed E-state index contributed by atoms with van der Waals surface area (Å²) < 4.78 is 7.28. The Labute approximate surface area is 124 Å². The van der Waals surface area contributed by atoms with Crippen LogP contribution in [0.5, 0.6) is 5.75 Å². The first-order valence-corrected chi connectivity index (χ1v) is 7.16. The van der Waals surface area contributed by atoms with Crippen LogP contribution in [0.1, 0.15) is 31.9 Å². The van der Waals surface area contributed by atoms with Gasteiger partial charge in [0.15, 0.2) is 0 Å². The molecule has 1 unspecified atom stereocenters. The lowest BCUT2D eigenvalue weighted by Crippen LogP contribution is -2.21. The van der Waals surface area contributed by atoms with E-state index in [2.05, 4.69) is 24.3 Å². The molecular formula is C15H20ClN3O. The van der Waals surface area contributed by atoms with Crippen LogP contribution in [0.2, 0.25) is 5.02 Å². The molecule has 20 heavy (non-hydrogen) atoms. The summed E-state index contributed by atoms with van der Waals surface area (Å²) >= 11 is 5.97. The SMILES string of the molecule is CCCNC(C)c1c(OC)cccc1-n1cc(Cl)cn1. The summed E-state index contributed by atoms with van der Waals surface area (Å²) in [7, 11) is 1.69. The monoisotopic (exact) mass is 293 g/mol. The standard InChI is InChI=1S/C15H20ClN3O/c1-4-8-17-11(2)15-13(6-5-7-14(15)20-3)19-10-12(16)9-18-19/h5-7,9-11,17H,4,8H2,1-3H3. The van der Waals surface area contributed by atoms with E-state index in [1.165, 1.54) is 0 Å². The topological polar surface area (TPSA) is 39.1 Å². The predicted molar refractivity (Wildman–Crippen MR) is 81.8 cm³/mol. The molecule has 1 heterocycles. The van der Waals surface area contributed by atoms with Gasteiger partial charge in [0.05, 0.1) is 24.0 Å². The summed E-state index contributed by atoms with van der Waals surface area (Å²) in [4.78, 5) is 0. The second kappa shape index (κ2) is 6.77. The molecular weight excluding hydrogens is 274 g/mol. The molecule has 0 aliphatic rings. The Morgan fingerprint density at radius 1 is 1.45 bits per heavy atom. The molecule has 0 saturated heterocycles. The molecule has 108 valence electrons. The van der Waals surface area contributed by atoms with Gasteiger partial charge < -0.3 is 10.1 Å². The van der Waals surface area contributed by atoms with Crippen molar-refractivity contribution in [2.24, 2.45) is 0 Å². The lowest BCUT2D eigenvalue weighted by atomic mass is 10.0. The molecule has 0 aliphatic carbocycles. The van der Waals surface area contributed by atoms with Gasteiger partial charge in [-0.3, -0.25) is 0 Å². The molecule has 2 aromatic rings. The van der Waals surface area contributed by atoms with Crippen LogP contribution in [0.25, 0.3) is 5.69 Å². The number of benzene rings is 1. The van der Waals surface area contributed by atoms with Crippen LogP contribution in [0.15, 0.2) is 30.6 Å². The van der Waals surface area contributed by atoms with E-state index in [-0.39, 0.29) is 6.04 Å². The quantitative estimate of drug-likeness (QED) is 0.884. The van der Waals surface area contributed by atoms with E-state index in [0.717, 1.165) is 30.0 Å². The minimum absolute atomic E-state index is 0.170. The molecule has 0 radical (unpaired) electrons. The maximum Gasteiger partial charge on any atom is 0.125 e. The van der Waals surface area contributed by atoms with Crippen molar-refractivity contribution in [3.8, 4) is 11.4 Å². The van der Waals surface area contributed by atoms with E-state index in [1.807, 2.05) is 18.2 Å². The summed E-state index contributed by atoms with van der Waals surface area (Å²) in [6.07, 6.45) is 4.52. The highest BCUT2D eigenvalue weighted by Gasteiger charge is 2.17. The molecule has 4 nitrogen and oxygen atoms in total. The minimum atomic E-state index is 0.170. The van der Waals surface area contributed by atoms with E-state index < -0.39 is 0 Å². The second-order valence-corrected chi connectivity index (χ2v) is 5.11. The van der Waals surface area contributed by atoms with E-state index in [1.54, 1.807) is 24.2 Å². The van der Waals surface area contributed by atoms with Crippen LogP contribution in [-0.4, -0.2) is 23.4 Å². The van der Waals surface area contributed by atoms with E-state index in [0.29, 0.717) is 5.02 Å². The van der Waals surface area contributed by atoms with Crippen molar-refractivity contribution in [1.82, 2.24) is 15.1 Å². The maximum atomic E-state index is 5.97. The maximum absolute atomic E-state index is 5.97. The first-order chi connectivity index (χ1) is 9.67. The van der Waals surface area contributed by atoms with Gasteiger partial charge in [0.25, 0.3) is 0 Å². The number of methoxy groups -OCH3 is 1. The number of halogens is 1. The number of hydrogen-bond acceptors (Lipinski definition) is 3. The van der Waals surface area contributed by atoms with Crippen molar-refractivity contribution in [2.45, 2.75) is 26.3 Å². The van der Waals surface area contributed by atoms with E-state index >= 15 is 0 Å². The van der Waals surface area contributed by atoms with Crippen molar-refractivity contribution in [2.75, 3.05) is 13.7 Å². The Kier molecular flexibility index (Phi) is 5.04. The average Bonchev–Trinajstić information content (AvgIpc) is 2.90. The van der Waals surface area contributed by atoms with Crippen LogP contribution in [0, 0.1) is 0 Å². The lowest BCUT2D eigenvalue weighted by Gasteiger charge is -2.20. The molecule has 0 amide bonds. The van der Waals surface area contributed by atoms with Crippen molar-refractivity contribution in [3.63, 3.8) is 0 Å². The highest BCUT2D eigenvalue weighted by atomic mass is 35.5. The lowest BCUT2D eigenvalue weighted by molar-refractivity contribution is 0.401. The Bertz CT molecular complexity index is 568. The third kappa shape index (κ3) is 3.14. The van der Waals surface area contributed by atoms with Gasteiger partial charge in [-0.05, 0) is 32.0 Å². The molecule has 2 rings (SSSR count). The van der Waals surface area contributed by atoms with E-state index in [9.17, 15) is 0 Å². The van der Waals surface area contributed by atoms with Crippen molar-refractivity contribution in [1.29, 1.82) is 0 Å². The van der Waals surface area contributed by atoms with Gasteiger partial charge in [-0.2, -0.15) is 5.10 Å². The van der Waals surface area contributed by atoms with Crippen molar-refractivity contribution < 1.29 is 4.74 Å². The van der Waals surface area contributed by atoms with Gasteiger partial charge in [0.2, 0.25) is 0 Å². The largest absolute Gasteiger partial charge is 0.496 e.